The van der Waals surface area contributed by atoms with Crippen molar-refractivity contribution in [2.45, 2.75) is 21.0 Å². The minimum Gasteiger partial charge on any atom is -0.421 e. The van der Waals surface area contributed by atoms with E-state index in [-0.39, 0.29) is 14.3 Å². The van der Waals surface area contributed by atoms with Gasteiger partial charge in [0.05, 0.1) is 12.3 Å². The Morgan fingerprint density at radius 1 is 0.826 bits per heavy atom. The zero-order valence-electron chi connectivity index (χ0n) is 12.6. The first-order chi connectivity index (χ1) is 10.8. The molecule has 2 nitrogen and oxygen atoms in total. The van der Waals surface area contributed by atoms with E-state index in [0.29, 0.717) is 6.61 Å². The molecular formula is C20H22BNO. The van der Waals surface area contributed by atoms with Gasteiger partial charge in [-0.1, -0.05) is 73.7 Å². The highest BCUT2D eigenvalue weighted by Crippen LogP contribution is 2.02. The largest absolute Gasteiger partial charge is 0.421 e. The van der Waals surface area contributed by atoms with Crippen LogP contribution in [0.2, 0.25) is 0 Å². The number of aromatic nitrogens is 1. The van der Waals surface area contributed by atoms with E-state index in [1.807, 2.05) is 36.4 Å². The van der Waals surface area contributed by atoms with Crippen LogP contribution < -0.4 is 10.9 Å². The lowest BCUT2D eigenvalue weighted by atomic mass is 9.55. The molecule has 23 heavy (non-hydrogen) atoms. The van der Waals surface area contributed by atoms with E-state index < -0.39 is 0 Å². The number of nitrogens with zero attached hydrogens (tertiary/aromatic N) is 1. The molecule has 3 rings (SSSR count). The number of aryl methyl sites for hydroxylation is 1. The van der Waals surface area contributed by atoms with Crippen LogP contribution in [0.15, 0.2) is 79.0 Å². The number of benzene rings is 2. The van der Waals surface area contributed by atoms with Crippen molar-refractivity contribution in [1.29, 1.82) is 0 Å². The molecule has 3 aromatic rings. The summed E-state index contributed by atoms with van der Waals surface area (Å²) in [6, 6.07) is 24.7. The SMILES string of the molecule is C.Cc1ccc(B(OCc2ccccn2)c2ccccc2)cc1. The molecule has 0 fully saturated rings. The van der Waals surface area contributed by atoms with Gasteiger partial charge < -0.3 is 4.65 Å². The van der Waals surface area contributed by atoms with Gasteiger partial charge in [0.25, 0.3) is 0 Å². The fraction of sp³-hybridized carbons (Fsp3) is 0.150. The van der Waals surface area contributed by atoms with Gasteiger partial charge >= 0.3 is 6.92 Å². The van der Waals surface area contributed by atoms with E-state index >= 15 is 0 Å². The summed E-state index contributed by atoms with van der Waals surface area (Å²) in [5, 5.41) is 0. The molecule has 0 saturated carbocycles. The predicted molar refractivity (Wildman–Crippen MR) is 98.4 cm³/mol. The zero-order chi connectivity index (χ0) is 15.2. The summed E-state index contributed by atoms with van der Waals surface area (Å²) < 4.78 is 6.18. The van der Waals surface area contributed by atoms with Crippen LogP contribution in [0.5, 0.6) is 0 Å². The van der Waals surface area contributed by atoms with Gasteiger partial charge in [-0.15, -0.1) is 0 Å². The molecule has 2 aromatic carbocycles. The first kappa shape index (κ1) is 17.0. The first-order valence-electron chi connectivity index (χ1n) is 7.46. The van der Waals surface area contributed by atoms with Crippen LogP contribution in [0, 0.1) is 6.92 Å². The predicted octanol–water partition coefficient (Wildman–Crippen LogP) is 3.35. The molecular weight excluding hydrogens is 281 g/mol. The fourth-order valence-electron chi connectivity index (χ4n) is 2.41. The molecule has 0 N–H and O–H groups in total. The summed E-state index contributed by atoms with van der Waals surface area (Å²) in [4.78, 5) is 4.33. The minimum atomic E-state index is -0.0798. The van der Waals surface area contributed by atoms with Gasteiger partial charge in [0.1, 0.15) is 0 Å². The van der Waals surface area contributed by atoms with Crippen LogP contribution in [0.1, 0.15) is 18.7 Å². The number of hydrogen-bond acceptors (Lipinski definition) is 2. The third kappa shape index (κ3) is 4.54. The van der Waals surface area contributed by atoms with E-state index in [9.17, 15) is 0 Å². The quantitative estimate of drug-likeness (QED) is 0.674. The van der Waals surface area contributed by atoms with Crippen molar-refractivity contribution >= 4 is 17.8 Å². The smallest absolute Gasteiger partial charge is 0.361 e. The highest BCUT2D eigenvalue weighted by atomic mass is 16.4. The molecule has 3 heteroatoms. The zero-order valence-corrected chi connectivity index (χ0v) is 12.6. The average Bonchev–Trinajstić information content (AvgIpc) is 2.58. The van der Waals surface area contributed by atoms with Gasteiger partial charge in [0.2, 0.25) is 0 Å². The first-order valence-corrected chi connectivity index (χ1v) is 7.46. The highest BCUT2D eigenvalue weighted by Gasteiger charge is 2.21. The van der Waals surface area contributed by atoms with E-state index in [0.717, 1.165) is 16.6 Å². The van der Waals surface area contributed by atoms with Crippen molar-refractivity contribution in [3.05, 3.63) is 90.3 Å². The molecule has 0 bridgehead atoms. The van der Waals surface area contributed by atoms with Crippen molar-refractivity contribution in [1.82, 2.24) is 4.98 Å². The number of rotatable bonds is 5. The Bertz CT molecular complexity index is 699. The van der Waals surface area contributed by atoms with Crippen LogP contribution in [0.25, 0.3) is 0 Å². The van der Waals surface area contributed by atoms with Gasteiger partial charge in [0, 0.05) is 6.20 Å². The summed E-state index contributed by atoms with van der Waals surface area (Å²) in [6.45, 7) is 2.51. The Hall–Kier alpha value is -2.39. The number of pyridine rings is 1. The molecule has 1 aromatic heterocycles. The Labute approximate surface area is 139 Å². The van der Waals surface area contributed by atoms with E-state index in [1.165, 1.54) is 5.56 Å². The number of hydrogen-bond donors (Lipinski definition) is 0. The summed E-state index contributed by atoms with van der Waals surface area (Å²) in [7, 11) is 0. The maximum Gasteiger partial charge on any atom is 0.361 e. The van der Waals surface area contributed by atoms with Gasteiger partial charge in [-0.2, -0.15) is 0 Å². The average molecular weight is 303 g/mol. The Morgan fingerprint density at radius 2 is 1.48 bits per heavy atom. The van der Waals surface area contributed by atoms with Crippen molar-refractivity contribution in [2.24, 2.45) is 0 Å². The van der Waals surface area contributed by atoms with Crippen molar-refractivity contribution in [3.63, 3.8) is 0 Å². The van der Waals surface area contributed by atoms with Crippen LogP contribution in [-0.2, 0) is 11.3 Å². The summed E-state index contributed by atoms with van der Waals surface area (Å²) in [6.07, 6.45) is 1.79. The monoisotopic (exact) mass is 303 g/mol. The lowest BCUT2D eigenvalue weighted by Gasteiger charge is -2.15. The fourth-order valence-corrected chi connectivity index (χ4v) is 2.41. The molecule has 0 radical (unpaired) electrons. The standard InChI is InChI=1S/C19H18BNO.CH4/c1-16-10-12-18(13-11-16)20(17-7-3-2-4-8-17)22-15-19-9-5-6-14-21-19;/h2-14H,15H2,1H3;1H4. The summed E-state index contributed by atoms with van der Waals surface area (Å²) >= 11 is 0. The molecule has 0 unspecified atom stereocenters. The van der Waals surface area contributed by atoms with E-state index in [1.54, 1.807) is 6.20 Å². The second-order valence-corrected chi connectivity index (χ2v) is 5.33. The van der Waals surface area contributed by atoms with Crippen LogP contribution in [0.4, 0.5) is 0 Å². The Kier molecular flexibility index (Phi) is 6.13. The molecule has 0 aliphatic heterocycles. The maximum absolute atomic E-state index is 6.18. The molecule has 0 atom stereocenters. The highest BCUT2D eigenvalue weighted by molar-refractivity contribution is 6.80. The summed E-state index contributed by atoms with van der Waals surface area (Å²) in [5.41, 5.74) is 4.51. The molecule has 116 valence electrons. The normalized spacial score (nSPS) is 9.96. The third-order valence-electron chi connectivity index (χ3n) is 3.61. The van der Waals surface area contributed by atoms with E-state index in [2.05, 4.69) is 48.3 Å². The second kappa shape index (κ2) is 8.30. The maximum atomic E-state index is 6.18. The lowest BCUT2D eigenvalue weighted by Crippen LogP contribution is -2.44. The Morgan fingerprint density at radius 3 is 2.13 bits per heavy atom. The lowest BCUT2D eigenvalue weighted by molar-refractivity contribution is 0.316. The van der Waals surface area contributed by atoms with E-state index in [4.69, 9.17) is 4.65 Å². The van der Waals surface area contributed by atoms with Gasteiger partial charge in [-0.25, -0.2) is 0 Å². The van der Waals surface area contributed by atoms with Gasteiger partial charge in [-0.05, 0) is 30.0 Å². The van der Waals surface area contributed by atoms with Crippen LogP contribution in [0.3, 0.4) is 0 Å². The van der Waals surface area contributed by atoms with Gasteiger partial charge in [-0.3, -0.25) is 4.98 Å². The molecule has 0 aliphatic rings. The topological polar surface area (TPSA) is 22.1 Å². The minimum absolute atomic E-state index is 0. The molecule has 1 heterocycles. The van der Waals surface area contributed by atoms with Crippen molar-refractivity contribution in [2.75, 3.05) is 0 Å². The molecule has 0 amide bonds. The third-order valence-corrected chi connectivity index (χ3v) is 3.61. The van der Waals surface area contributed by atoms with Crippen LogP contribution >= 0.6 is 0 Å². The Balaban J connectivity index is 0.00000192. The summed E-state index contributed by atoms with van der Waals surface area (Å²) in [5.74, 6) is 0. The molecule has 0 saturated heterocycles. The molecule has 0 aliphatic carbocycles. The van der Waals surface area contributed by atoms with Crippen LogP contribution in [-0.4, -0.2) is 11.9 Å². The second-order valence-electron chi connectivity index (χ2n) is 5.33. The van der Waals surface area contributed by atoms with Crippen molar-refractivity contribution in [3.8, 4) is 0 Å². The van der Waals surface area contributed by atoms with Gasteiger partial charge in [0.15, 0.2) is 0 Å². The molecule has 0 spiro atoms. The van der Waals surface area contributed by atoms with Crippen molar-refractivity contribution < 1.29 is 4.65 Å².